The molecular weight excluding hydrogens is 326 g/mol. The summed E-state index contributed by atoms with van der Waals surface area (Å²) in [6, 6.07) is 0. The van der Waals surface area contributed by atoms with Crippen LogP contribution in [0.3, 0.4) is 0 Å². The van der Waals surface area contributed by atoms with Crippen molar-refractivity contribution in [2.24, 2.45) is 4.99 Å². The molecule has 0 radical (unpaired) electrons. The lowest BCUT2D eigenvalue weighted by Crippen LogP contribution is -2.38. The zero-order valence-corrected chi connectivity index (χ0v) is 15.9. The van der Waals surface area contributed by atoms with Gasteiger partial charge < -0.3 is 10.6 Å². The highest BCUT2D eigenvalue weighted by molar-refractivity contribution is 7.11. The molecule has 2 aromatic rings. The highest BCUT2D eigenvalue weighted by Crippen LogP contribution is 2.17. The number of guanidine groups is 1. The molecule has 0 fully saturated rings. The normalized spacial score (nSPS) is 11.7. The van der Waals surface area contributed by atoms with Crippen LogP contribution in [-0.4, -0.2) is 35.6 Å². The maximum atomic E-state index is 4.63. The zero-order chi connectivity index (χ0) is 16.7. The minimum Gasteiger partial charge on any atom is -0.357 e. The van der Waals surface area contributed by atoms with E-state index in [1.807, 2.05) is 6.20 Å². The van der Waals surface area contributed by atoms with Gasteiger partial charge in [0.15, 0.2) is 5.96 Å². The molecule has 0 aliphatic heterocycles. The van der Waals surface area contributed by atoms with Crippen LogP contribution in [0.1, 0.15) is 32.4 Å². The van der Waals surface area contributed by atoms with Gasteiger partial charge in [-0.15, -0.1) is 22.7 Å². The van der Waals surface area contributed by atoms with Gasteiger partial charge in [0.2, 0.25) is 0 Å². The van der Waals surface area contributed by atoms with E-state index in [1.54, 1.807) is 22.7 Å². The average Bonchev–Trinajstić information content (AvgIpc) is 3.04. The maximum absolute atomic E-state index is 4.63. The number of aliphatic imine (C=N–C) groups is 1. The van der Waals surface area contributed by atoms with Crippen molar-refractivity contribution >= 4 is 28.6 Å². The molecule has 126 valence electrons. The fourth-order valence-corrected chi connectivity index (χ4v) is 3.93. The molecule has 0 saturated heterocycles. The molecule has 0 aliphatic carbocycles. The Balaban J connectivity index is 1.80. The number of aromatic nitrogens is 2. The summed E-state index contributed by atoms with van der Waals surface area (Å²) < 4.78 is 0. The number of hydrogen-bond acceptors (Lipinski definition) is 5. The summed E-state index contributed by atoms with van der Waals surface area (Å²) in [5.74, 6) is 0.875. The second-order valence-electron chi connectivity index (χ2n) is 5.29. The first-order valence-corrected chi connectivity index (χ1v) is 9.58. The lowest BCUT2D eigenvalue weighted by atomic mass is 10.3. The van der Waals surface area contributed by atoms with Crippen molar-refractivity contribution in [2.75, 3.05) is 19.6 Å². The van der Waals surface area contributed by atoms with Crippen LogP contribution in [0.4, 0.5) is 0 Å². The van der Waals surface area contributed by atoms with Gasteiger partial charge in [-0.3, -0.25) is 4.99 Å². The van der Waals surface area contributed by atoms with E-state index in [-0.39, 0.29) is 0 Å². The Morgan fingerprint density at radius 2 is 2.00 bits per heavy atom. The molecule has 0 saturated carbocycles. The van der Waals surface area contributed by atoms with E-state index in [0.717, 1.165) is 54.1 Å². The number of thiazole rings is 2. The second-order valence-corrected chi connectivity index (χ2v) is 7.90. The summed E-state index contributed by atoms with van der Waals surface area (Å²) in [7, 11) is 0. The molecule has 2 aromatic heterocycles. The second kappa shape index (κ2) is 8.98. The third-order valence-corrected chi connectivity index (χ3v) is 5.36. The van der Waals surface area contributed by atoms with Gasteiger partial charge in [-0.25, -0.2) is 9.97 Å². The topological polar surface area (TPSA) is 62.2 Å². The van der Waals surface area contributed by atoms with E-state index in [9.17, 15) is 0 Å². The van der Waals surface area contributed by atoms with Crippen LogP contribution < -0.4 is 10.6 Å². The first-order chi connectivity index (χ1) is 11.1. The molecule has 5 nitrogen and oxygen atoms in total. The van der Waals surface area contributed by atoms with Gasteiger partial charge in [0, 0.05) is 48.4 Å². The smallest absolute Gasteiger partial charge is 0.191 e. The summed E-state index contributed by atoms with van der Waals surface area (Å²) >= 11 is 3.52. The number of rotatable bonds is 7. The van der Waals surface area contributed by atoms with E-state index >= 15 is 0 Å². The van der Waals surface area contributed by atoms with Crippen molar-refractivity contribution in [1.82, 2.24) is 20.6 Å². The van der Waals surface area contributed by atoms with Crippen molar-refractivity contribution in [3.8, 4) is 0 Å². The predicted molar refractivity (Wildman–Crippen MR) is 99.8 cm³/mol. The van der Waals surface area contributed by atoms with E-state index in [4.69, 9.17) is 0 Å². The number of nitrogens with one attached hydrogen (secondary N) is 2. The highest BCUT2D eigenvalue weighted by atomic mass is 32.1. The molecule has 0 aromatic carbocycles. The Hall–Kier alpha value is -1.47. The molecule has 0 aliphatic rings. The monoisotopic (exact) mass is 351 g/mol. The molecular formula is C16H25N5S2. The molecule has 7 heteroatoms. The molecule has 2 heterocycles. The van der Waals surface area contributed by atoms with Crippen molar-refractivity contribution in [3.63, 3.8) is 0 Å². The van der Waals surface area contributed by atoms with Crippen LogP contribution in [0.5, 0.6) is 0 Å². The number of aryl methyl sites for hydroxylation is 3. The minimum absolute atomic E-state index is 0.751. The van der Waals surface area contributed by atoms with Gasteiger partial charge in [0.1, 0.15) is 0 Å². The Morgan fingerprint density at radius 3 is 2.61 bits per heavy atom. The Labute approximate surface area is 146 Å². The molecule has 0 spiro atoms. The number of nitrogens with zero attached hydrogens (tertiary/aromatic N) is 3. The molecule has 2 rings (SSSR count). The summed E-state index contributed by atoms with van der Waals surface area (Å²) in [5, 5.41) is 8.97. The zero-order valence-electron chi connectivity index (χ0n) is 14.3. The SMILES string of the molecule is CCNC(=NCCc1ncc(C)s1)NCCc1sc(C)nc1C. The molecule has 2 N–H and O–H groups in total. The highest BCUT2D eigenvalue weighted by Gasteiger charge is 2.05. The first-order valence-electron chi connectivity index (χ1n) is 7.95. The van der Waals surface area contributed by atoms with Crippen molar-refractivity contribution in [1.29, 1.82) is 0 Å². The van der Waals surface area contributed by atoms with E-state index in [2.05, 4.69) is 53.3 Å². The van der Waals surface area contributed by atoms with E-state index < -0.39 is 0 Å². The van der Waals surface area contributed by atoms with Crippen molar-refractivity contribution in [2.45, 2.75) is 40.5 Å². The van der Waals surface area contributed by atoms with Gasteiger partial charge in [-0.1, -0.05) is 0 Å². The van der Waals surface area contributed by atoms with Crippen LogP contribution in [0.15, 0.2) is 11.2 Å². The number of hydrogen-bond donors (Lipinski definition) is 2. The fraction of sp³-hybridized carbons (Fsp3) is 0.562. The van der Waals surface area contributed by atoms with Crippen LogP contribution in [-0.2, 0) is 12.8 Å². The van der Waals surface area contributed by atoms with Crippen molar-refractivity contribution < 1.29 is 0 Å². The van der Waals surface area contributed by atoms with Crippen LogP contribution in [0.2, 0.25) is 0 Å². The standard InChI is InChI=1S/C16H25N5S2/c1-5-17-16(19-9-7-15-20-10-11(2)22-15)18-8-6-14-12(3)21-13(4)23-14/h10H,5-9H2,1-4H3,(H2,17,18,19). The lowest BCUT2D eigenvalue weighted by Gasteiger charge is -2.10. The Bertz CT molecular complexity index is 645. The van der Waals surface area contributed by atoms with E-state index in [0.29, 0.717) is 0 Å². The van der Waals surface area contributed by atoms with Crippen LogP contribution in [0, 0.1) is 20.8 Å². The Kier molecular flexibility index (Phi) is 6.98. The van der Waals surface area contributed by atoms with Gasteiger partial charge in [0.05, 0.1) is 15.7 Å². The molecule has 0 amide bonds. The third-order valence-electron chi connectivity index (χ3n) is 3.25. The summed E-state index contributed by atoms with van der Waals surface area (Å²) in [5.41, 5.74) is 1.15. The van der Waals surface area contributed by atoms with Crippen LogP contribution >= 0.6 is 22.7 Å². The summed E-state index contributed by atoms with van der Waals surface area (Å²) in [6.45, 7) is 10.8. The molecule has 23 heavy (non-hydrogen) atoms. The fourth-order valence-electron chi connectivity index (χ4n) is 2.22. The maximum Gasteiger partial charge on any atom is 0.191 e. The van der Waals surface area contributed by atoms with Crippen molar-refractivity contribution in [3.05, 3.63) is 31.7 Å². The minimum atomic E-state index is 0.751. The van der Waals surface area contributed by atoms with Gasteiger partial charge in [-0.05, 0) is 27.7 Å². The average molecular weight is 352 g/mol. The first kappa shape index (κ1) is 17.9. The van der Waals surface area contributed by atoms with Crippen LogP contribution in [0.25, 0.3) is 0 Å². The summed E-state index contributed by atoms with van der Waals surface area (Å²) in [6.07, 6.45) is 3.79. The lowest BCUT2D eigenvalue weighted by molar-refractivity contribution is 0.798. The molecule has 0 bridgehead atoms. The van der Waals surface area contributed by atoms with Gasteiger partial charge in [0.25, 0.3) is 0 Å². The summed E-state index contributed by atoms with van der Waals surface area (Å²) in [4.78, 5) is 16.1. The third kappa shape index (κ3) is 5.91. The van der Waals surface area contributed by atoms with Gasteiger partial charge >= 0.3 is 0 Å². The largest absolute Gasteiger partial charge is 0.357 e. The quantitative estimate of drug-likeness (QED) is 0.595. The predicted octanol–water partition coefficient (Wildman–Crippen LogP) is 2.87. The Morgan fingerprint density at radius 1 is 1.17 bits per heavy atom. The van der Waals surface area contributed by atoms with E-state index in [1.165, 1.54) is 9.75 Å². The molecule has 0 unspecified atom stereocenters. The van der Waals surface area contributed by atoms with Gasteiger partial charge in [-0.2, -0.15) is 0 Å². The molecule has 0 atom stereocenters.